The van der Waals surface area contributed by atoms with Gasteiger partial charge in [-0.3, -0.25) is 7.94 Å². The molecule has 0 fully saturated rings. The Morgan fingerprint density at radius 1 is 1.00 bits per heavy atom. The van der Waals surface area contributed by atoms with Crippen LogP contribution in [0, 0.1) is 0 Å². The molecule has 0 rings (SSSR count). The van der Waals surface area contributed by atoms with Crippen LogP contribution >= 0.6 is 32.7 Å². The van der Waals surface area contributed by atoms with E-state index in [-0.39, 0.29) is 0 Å². The Balaban J connectivity index is 3.07. The summed E-state index contributed by atoms with van der Waals surface area (Å²) in [6, 6.07) is 0. The van der Waals surface area contributed by atoms with Crippen molar-refractivity contribution in [2.45, 2.75) is 39.5 Å². The number of hydrogen-bond donors (Lipinski definition) is 0. The van der Waals surface area contributed by atoms with Crippen molar-refractivity contribution in [2.24, 2.45) is 0 Å². The fourth-order valence-corrected chi connectivity index (χ4v) is 3.00. The highest BCUT2D eigenvalue weighted by Crippen LogP contribution is 2.38. The minimum atomic E-state index is -1.94. The Bertz CT molecular complexity index is 107. The van der Waals surface area contributed by atoms with E-state index in [1.165, 1.54) is 24.1 Å². The molecule has 0 bridgehead atoms. The average Bonchev–Trinajstić information content (AvgIpc) is 2.19. The molecular formula is C8H18O3PS2-. The summed E-state index contributed by atoms with van der Waals surface area (Å²) in [5, 5.41) is 0. The quantitative estimate of drug-likeness (QED) is 0.340. The molecule has 0 aliphatic rings. The molecule has 0 spiro atoms. The highest BCUT2D eigenvalue weighted by Gasteiger charge is 1.97. The third kappa shape index (κ3) is 11.1. The molecule has 0 unspecified atom stereocenters. The van der Waals surface area contributed by atoms with Crippen molar-refractivity contribution < 1.29 is 12.8 Å². The molecule has 14 heavy (non-hydrogen) atoms. The molecule has 0 aromatic carbocycles. The molecule has 6 heteroatoms. The van der Waals surface area contributed by atoms with E-state index in [1.54, 1.807) is 0 Å². The first kappa shape index (κ1) is 15.0. The molecule has 0 aromatic rings. The highest BCUT2D eigenvalue weighted by atomic mass is 32.2. The summed E-state index contributed by atoms with van der Waals surface area (Å²) in [4.78, 5) is 11.0. The Morgan fingerprint density at radius 3 is 1.79 bits per heavy atom. The van der Waals surface area contributed by atoms with Crippen molar-refractivity contribution in [3.8, 4) is 0 Å². The van der Waals surface area contributed by atoms with Crippen molar-refractivity contribution in [3.63, 3.8) is 0 Å². The van der Waals surface area contributed by atoms with Crippen LogP contribution in [0.5, 0.6) is 0 Å². The van der Waals surface area contributed by atoms with Gasteiger partial charge in [-0.25, -0.2) is 0 Å². The molecule has 86 valence electrons. The van der Waals surface area contributed by atoms with E-state index in [4.69, 9.17) is 7.94 Å². The predicted molar refractivity (Wildman–Crippen MR) is 63.8 cm³/mol. The lowest BCUT2D eigenvalue weighted by atomic mass is 10.4. The Labute approximate surface area is 96.7 Å². The molecule has 0 heterocycles. The van der Waals surface area contributed by atoms with Gasteiger partial charge in [0, 0.05) is 11.5 Å². The van der Waals surface area contributed by atoms with Crippen LogP contribution in [-0.4, -0.2) is 11.5 Å². The molecule has 0 aliphatic heterocycles. The number of hydrogen-bond acceptors (Lipinski definition) is 5. The molecule has 0 N–H and O–H groups in total. The third-order valence-electron chi connectivity index (χ3n) is 1.39. The fraction of sp³-hybridized carbons (Fsp3) is 1.00. The van der Waals surface area contributed by atoms with Gasteiger partial charge in [-0.2, -0.15) is 0 Å². The second-order valence-corrected chi connectivity index (χ2v) is 5.65. The Kier molecular flexibility index (Phi) is 13.0. The van der Waals surface area contributed by atoms with E-state index in [0.29, 0.717) is 0 Å². The van der Waals surface area contributed by atoms with Crippen molar-refractivity contribution in [1.82, 2.24) is 0 Å². The number of unbranched alkanes of at least 4 members (excludes halogenated alkanes) is 2. The fourth-order valence-electron chi connectivity index (χ4n) is 0.580. The lowest BCUT2D eigenvalue weighted by molar-refractivity contribution is -0.186. The van der Waals surface area contributed by atoms with Gasteiger partial charge < -0.3 is 4.89 Å². The van der Waals surface area contributed by atoms with Gasteiger partial charge in [-0.05, 0) is 36.9 Å². The van der Waals surface area contributed by atoms with E-state index < -0.39 is 8.60 Å². The first-order valence-electron chi connectivity index (χ1n) is 4.87. The van der Waals surface area contributed by atoms with E-state index in [2.05, 4.69) is 13.8 Å². The summed E-state index contributed by atoms with van der Waals surface area (Å²) in [5.41, 5.74) is 0. The predicted octanol–water partition coefficient (Wildman–Crippen LogP) is 3.50. The van der Waals surface area contributed by atoms with Crippen molar-refractivity contribution >= 4 is 32.7 Å². The lowest BCUT2D eigenvalue weighted by Crippen LogP contribution is -1.96. The maximum atomic E-state index is 11.0. The second kappa shape index (κ2) is 12.1. The minimum Gasteiger partial charge on any atom is -0.784 e. The van der Waals surface area contributed by atoms with Crippen LogP contribution < -0.4 is 4.89 Å². The van der Waals surface area contributed by atoms with Crippen LogP contribution in [0.4, 0.5) is 0 Å². The molecule has 0 atom stereocenters. The van der Waals surface area contributed by atoms with Gasteiger partial charge in [0.05, 0.1) is 0 Å². The summed E-state index contributed by atoms with van der Waals surface area (Å²) in [6.45, 7) is 4.22. The second-order valence-electron chi connectivity index (χ2n) is 2.72. The average molecular weight is 257 g/mol. The zero-order valence-corrected chi connectivity index (χ0v) is 11.3. The maximum absolute atomic E-state index is 11.0. The monoisotopic (exact) mass is 257 g/mol. The van der Waals surface area contributed by atoms with Crippen molar-refractivity contribution in [3.05, 3.63) is 0 Å². The van der Waals surface area contributed by atoms with E-state index in [9.17, 15) is 4.89 Å². The smallest absolute Gasteiger partial charge is 0.117 e. The highest BCUT2D eigenvalue weighted by molar-refractivity contribution is 8.00. The van der Waals surface area contributed by atoms with Crippen LogP contribution in [0.2, 0.25) is 0 Å². The van der Waals surface area contributed by atoms with E-state index >= 15 is 0 Å². The Hall–Kier alpha value is 1.01. The van der Waals surface area contributed by atoms with E-state index in [1.807, 2.05) is 0 Å². The van der Waals surface area contributed by atoms with Crippen LogP contribution in [0.25, 0.3) is 0 Å². The molecule has 0 saturated carbocycles. The van der Waals surface area contributed by atoms with Crippen molar-refractivity contribution in [2.75, 3.05) is 11.5 Å². The molecular weight excluding hydrogens is 239 g/mol. The topological polar surface area (TPSA) is 41.5 Å². The minimum absolute atomic E-state index is 0.876. The zero-order chi connectivity index (χ0) is 10.6. The summed E-state index contributed by atoms with van der Waals surface area (Å²) in [5.74, 6) is 1.75. The van der Waals surface area contributed by atoms with Crippen LogP contribution in [-0.2, 0) is 7.94 Å². The SMILES string of the molecule is CCCCSOP([O-])OSCCCC. The Morgan fingerprint density at radius 2 is 1.43 bits per heavy atom. The van der Waals surface area contributed by atoms with Gasteiger partial charge in [0.1, 0.15) is 8.60 Å². The first-order valence-corrected chi connectivity index (χ1v) is 7.79. The van der Waals surface area contributed by atoms with Gasteiger partial charge in [0.25, 0.3) is 0 Å². The molecule has 0 amide bonds. The van der Waals surface area contributed by atoms with Gasteiger partial charge in [-0.1, -0.05) is 26.7 Å². The third-order valence-corrected chi connectivity index (χ3v) is 4.12. The zero-order valence-electron chi connectivity index (χ0n) is 8.73. The maximum Gasteiger partial charge on any atom is 0.117 e. The summed E-state index contributed by atoms with van der Waals surface area (Å²) in [7, 11) is -1.94. The largest absolute Gasteiger partial charge is 0.784 e. The molecule has 0 radical (unpaired) electrons. The van der Waals surface area contributed by atoms with E-state index in [0.717, 1.165) is 37.2 Å². The van der Waals surface area contributed by atoms with Crippen LogP contribution in [0.1, 0.15) is 39.5 Å². The molecule has 3 nitrogen and oxygen atoms in total. The molecule has 0 saturated heterocycles. The van der Waals surface area contributed by atoms with Crippen molar-refractivity contribution in [1.29, 1.82) is 0 Å². The normalized spacial score (nSPS) is 11.1. The summed E-state index contributed by atoms with van der Waals surface area (Å²) < 4.78 is 9.81. The molecule has 0 aromatic heterocycles. The van der Waals surface area contributed by atoms with Gasteiger partial charge in [-0.15, -0.1) is 0 Å². The summed E-state index contributed by atoms with van der Waals surface area (Å²) >= 11 is 2.46. The van der Waals surface area contributed by atoms with Crippen LogP contribution in [0.3, 0.4) is 0 Å². The standard InChI is InChI=1S/C8H18O3PS2/c1-3-5-7-13-10-12(9)11-14-8-6-4-2/h3-8H2,1-2H3/q-1. The van der Waals surface area contributed by atoms with Gasteiger partial charge in [0.15, 0.2) is 0 Å². The lowest BCUT2D eigenvalue weighted by Gasteiger charge is -2.18. The number of rotatable bonds is 10. The summed E-state index contributed by atoms with van der Waals surface area (Å²) in [6.07, 6.45) is 4.41. The molecule has 0 aliphatic carbocycles. The first-order chi connectivity index (χ1) is 6.81. The van der Waals surface area contributed by atoms with Gasteiger partial charge in [0.2, 0.25) is 0 Å². The van der Waals surface area contributed by atoms with Gasteiger partial charge >= 0.3 is 0 Å². The van der Waals surface area contributed by atoms with Crippen LogP contribution in [0.15, 0.2) is 0 Å².